The smallest absolute Gasteiger partial charge is 0.574 e. The van der Waals surface area contributed by atoms with Gasteiger partial charge in [-0.2, -0.15) is 0 Å². The van der Waals surface area contributed by atoms with Crippen LogP contribution in [0.4, 0.5) is 0 Å². The summed E-state index contributed by atoms with van der Waals surface area (Å²) in [6.07, 6.45) is 3.50. The number of pyridine rings is 2. The Balaban J connectivity index is 0.000000193. The van der Waals surface area contributed by atoms with Crippen LogP contribution in [0.1, 0.15) is 11.4 Å². The summed E-state index contributed by atoms with van der Waals surface area (Å²) in [5.74, 6) is 0. The number of benzene rings is 2. The summed E-state index contributed by atoms with van der Waals surface area (Å²) in [7, 11) is 1.86. The van der Waals surface area contributed by atoms with Crippen LogP contribution in [0.2, 0.25) is 0 Å². The van der Waals surface area contributed by atoms with E-state index in [1.54, 1.807) is 12.4 Å². The molecule has 0 saturated carbocycles. The third-order valence-electron chi connectivity index (χ3n) is 5.30. The Kier molecular flexibility index (Phi) is 16.3. The van der Waals surface area contributed by atoms with Crippen molar-refractivity contribution in [3.05, 3.63) is 133 Å². The van der Waals surface area contributed by atoms with Gasteiger partial charge in [0.25, 0.3) is 0 Å². The first-order chi connectivity index (χ1) is 19.6. The second-order valence-electron chi connectivity index (χ2n) is 8.40. The third kappa shape index (κ3) is 12.8. The van der Waals surface area contributed by atoms with Gasteiger partial charge in [0.1, 0.15) is 0 Å². The zero-order valence-corrected chi connectivity index (χ0v) is 28.1. The van der Waals surface area contributed by atoms with Gasteiger partial charge in [-0.05, 0) is 62.1 Å². The van der Waals surface area contributed by atoms with E-state index in [2.05, 4.69) is 92.2 Å². The molecule has 0 spiro atoms. The SMILES string of the molecule is CPc1ccccc1.CPc1ccccc1.Cc1cc(-c2ccccn2)[n-]n1.Cc1cc(-c2ccccn2)[n-]n1.[Os+2]. The van der Waals surface area contributed by atoms with Gasteiger partial charge in [-0.25, -0.2) is 0 Å². The zero-order chi connectivity index (χ0) is 28.4. The van der Waals surface area contributed by atoms with Crippen molar-refractivity contribution in [1.82, 2.24) is 30.4 Å². The van der Waals surface area contributed by atoms with E-state index in [1.807, 2.05) is 74.5 Å². The van der Waals surface area contributed by atoms with E-state index in [4.69, 9.17) is 0 Å². The fourth-order valence-electron chi connectivity index (χ4n) is 3.27. The molecule has 0 bridgehead atoms. The predicted octanol–water partition coefficient (Wildman–Crippen LogP) is 6.06. The molecule has 6 aromatic rings. The summed E-state index contributed by atoms with van der Waals surface area (Å²) in [5, 5.41) is 18.6. The van der Waals surface area contributed by atoms with Crippen molar-refractivity contribution in [2.45, 2.75) is 13.8 Å². The summed E-state index contributed by atoms with van der Waals surface area (Å²) in [5.41, 5.74) is 5.28. The van der Waals surface area contributed by atoms with Crippen LogP contribution in [0.25, 0.3) is 22.8 Å². The monoisotopic (exact) mass is 756 g/mol. The Morgan fingerprint density at radius 2 is 0.878 bits per heavy atom. The number of rotatable bonds is 4. The molecule has 4 aromatic heterocycles. The Bertz CT molecular complexity index is 1360. The van der Waals surface area contributed by atoms with Gasteiger partial charge in [0.2, 0.25) is 0 Å². The first-order valence-electron chi connectivity index (χ1n) is 12.8. The molecule has 9 heteroatoms. The average Bonchev–Trinajstić information content (AvgIpc) is 3.68. The molecule has 4 heterocycles. The molecule has 0 aliphatic heterocycles. The molecule has 0 fully saturated rings. The quantitative estimate of drug-likeness (QED) is 0.204. The maximum absolute atomic E-state index is 4.16. The number of aryl methyl sites for hydroxylation is 2. The van der Waals surface area contributed by atoms with Gasteiger partial charge in [0.15, 0.2) is 0 Å². The summed E-state index contributed by atoms with van der Waals surface area (Å²) in [4.78, 5) is 8.32. The van der Waals surface area contributed by atoms with E-state index < -0.39 is 0 Å². The topological polar surface area (TPSA) is 79.8 Å². The van der Waals surface area contributed by atoms with Gasteiger partial charge >= 0.3 is 19.8 Å². The van der Waals surface area contributed by atoms with Crippen LogP contribution in [-0.4, -0.2) is 33.5 Å². The van der Waals surface area contributed by atoms with Gasteiger partial charge in [-0.15, -0.1) is 0 Å². The van der Waals surface area contributed by atoms with Crippen molar-refractivity contribution in [3.8, 4) is 22.8 Å². The molecule has 2 aromatic carbocycles. The van der Waals surface area contributed by atoms with Crippen molar-refractivity contribution >= 4 is 27.8 Å². The number of hydrogen-bond donors (Lipinski definition) is 0. The molecular weight excluding hydrogens is 721 g/mol. The first kappa shape index (κ1) is 33.9. The Hall–Kier alpha value is -3.34. The molecule has 0 amide bonds. The average molecular weight is 755 g/mol. The van der Waals surface area contributed by atoms with Crippen molar-refractivity contribution in [1.29, 1.82) is 0 Å². The molecule has 2 atom stereocenters. The zero-order valence-electron chi connectivity index (χ0n) is 23.6. The first-order valence-corrected chi connectivity index (χ1v) is 15.8. The van der Waals surface area contributed by atoms with Gasteiger partial charge < -0.3 is 20.4 Å². The second-order valence-corrected chi connectivity index (χ2v) is 10.6. The summed E-state index contributed by atoms with van der Waals surface area (Å²) >= 11 is 0. The Labute approximate surface area is 259 Å². The minimum atomic E-state index is 0. The van der Waals surface area contributed by atoms with Crippen LogP contribution in [-0.2, 0) is 19.8 Å². The van der Waals surface area contributed by atoms with E-state index in [0.717, 1.165) is 51.3 Å². The molecular formula is C32H34N6OsP2. The normalized spacial score (nSPS) is 10.0. The van der Waals surface area contributed by atoms with Gasteiger partial charge in [0, 0.05) is 35.2 Å². The minimum Gasteiger partial charge on any atom is -0.574 e. The molecule has 0 saturated heterocycles. The van der Waals surface area contributed by atoms with Crippen molar-refractivity contribution in [2.24, 2.45) is 0 Å². The number of hydrogen-bond acceptors (Lipinski definition) is 4. The maximum Gasteiger partial charge on any atom is 2.00 e. The molecule has 41 heavy (non-hydrogen) atoms. The fourth-order valence-corrected chi connectivity index (χ4v) is 4.32. The maximum atomic E-state index is 4.16. The van der Waals surface area contributed by atoms with Crippen molar-refractivity contribution in [2.75, 3.05) is 13.3 Å². The molecule has 0 N–H and O–H groups in total. The van der Waals surface area contributed by atoms with Gasteiger partial charge in [0.05, 0.1) is 0 Å². The molecule has 0 radical (unpaired) electrons. The molecule has 6 nitrogen and oxygen atoms in total. The molecule has 210 valence electrons. The summed E-state index contributed by atoms with van der Waals surface area (Å²) in [6, 6.07) is 36.3. The third-order valence-corrected chi connectivity index (χ3v) is 7.12. The van der Waals surface area contributed by atoms with E-state index in [-0.39, 0.29) is 19.8 Å². The second kappa shape index (κ2) is 19.7. The molecule has 6 rings (SSSR count). The standard InChI is InChI=1S/2C9H8N3.2C7H9P.Os/c2*1-7-6-9(12-11-7)8-4-2-3-5-10-8;2*1-8-7-5-3-2-4-6-7;/h2*2-6H,1H3;2*2-6,8H,1H3;/q2*-1;;;+2. The minimum absolute atomic E-state index is 0. The van der Waals surface area contributed by atoms with Gasteiger partial charge in [-0.1, -0.05) is 113 Å². The summed E-state index contributed by atoms with van der Waals surface area (Å²) < 4.78 is 0. The number of nitrogens with zero attached hydrogens (tertiary/aromatic N) is 6. The predicted molar refractivity (Wildman–Crippen MR) is 172 cm³/mol. The van der Waals surface area contributed by atoms with Crippen LogP contribution in [0, 0.1) is 13.8 Å². The molecule has 2 unspecified atom stereocenters. The van der Waals surface area contributed by atoms with E-state index in [1.165, 1.54) is 10.6 Å². The van der Waals surface area contributed by atoms with E-state index in [9.17, 15) is 0 Å². The Morgan fingerprint density at radius 1 is 0.512 bits per heavy atom. The van der Waals surface area contributed by atoms with Crippen molar-refractivity contribution < 1.29 is 19.8 Å². The fraction of sp³-hybridized carbons (Fsp3) is 0.125. The van der Waals surface area contributed by atoms with Crippen LogP contribution >= 0.6 is 17.2 Å². The number of aromatic nitrogens is 6. The van der Waals surface area contributed by atoms with Crippen LogP contribution in [0.5, 0.6) is 0 Å². The van der Waals surface area contributed by atoms with Crippen LogP contribution in [0.3, 0.4) is 0 Å². The van der Waals surface area contributed by atoms with Gasteiger partial charge in [-0.3, -0.25) is 9.97 Å². The summed E-state index contributed by atoms with van der Waals surface area (Å²) in [6.45, 7) is 8.21. The van der Waals surface area contributed by atoms with E-state index >= 15 is 0 Å². The van der Waals surface area contributed by atoms with E-state index in [0.29, 0.717) is 0 Å². The molecule has 0 aliphatic rings. The van der Waals surface area contributed by atoms with Crippen LogP contribution in [0.15, 0.2) is 122 Å². The van der Waals surface area contributed by atoms with Crippen molar-refractivity contribution in [3.63, 3.8) is 0 Å². The molecule has 0 aliphatic carbocycles. The van der Waals surface area contributed by atoms with Crippen LogP contribution < -0.4 is 20.8 Å². The largest absolute Gasteiger partial charge is 2.00 e. The Morgan fingerprint density at radius 3 is 1.12 bits per heavy atom.